The summed E-state index contributed by atoms with van der Waals surface area (Å²) in [6, 6.07) is 2.82. The first kappa shape index (κ1) is 12.7. The van der Waals surface area contributed by atoms with Crippen molar-refractivity contribution in [3.63, 3.8) is 0 Å². The van der Waals surface area contributed by atoms with Gasteiger partial charge in [-0.1, -0.05) is 13.3 Å². The number of hydrogen-bond acceptors (Lipinski definition) is 3. The molecule has 1 saturated carbocycles. The number of nitrogens with one attached hydrogen (secondary N) is 1. The summed E-state index contributed by atoms with van der Waals surface area (Å²) < 4.78 is 11.3. The average molecular weight is 237 g/mol. The molecule has 0 unspecified atom stereocenters. The minimum atomic E-state index is 0.601. The number of aryl methyl sites for hydroxylation is 1. The van der Waals surface area contributed by atoms with E-state index in [2.05, 4.69) is 25.2 Å². The van der Waals surface area contributed by atoms with E-state index in [9.17, 15) is 0 Å². The summed E-state index contributed by atoms with van der Waals surface area (Å²) in [5.74, 6) is 2.01. The van der Waals surface area contributed by atoms with E-state index in [4.69, 9.17) is 9.15 Å². The molecule has 0 amide bonds. The van der Waals surface area contributed by atoms with Crippen LogP contribution in [0.2, 0.25) is 0 Å². The minimum Gasteiger partial charge on any atom is -0.462 e. The fourth-order valence-electron chi connectivity index (χ4n) is 1.78. The Labute approximate surface area is 104 Å². The zero-order valence-corrected chi connectivity index (χ0v) is 10.9. The molecule has 0 atom stereocenters. The first-order chi connectivity index (χ1) is 8.29. The van der Waals surface area contributed by atoms with Crippen LogP contribution in [0.1, 0.15) is 49.7 Å². The zero-order valence-electron chi connectivity index (χ0n) is 10.9. The number of hydrogen-bond donors (Lipinski definition) is 1. The first-order valence-electron chi connectivity index (χ1n) is 6.69. The summed E-state index contributed by atoms with van der Waals surface area (Å²) in [7, 11) is 0. The summed E-state index contributed by atoms with van der Waals surface area (Å²) >= 11 is 0. The standard InChI is InChI=1S/C14H23NO2/c1-3-4-7-16-10-13-8-11(2)14(17-13)9-15-12-5-6-12/h8,12,15H,3-7,9-10H2,1-2H3. The summed E-state index contributed by atoms with van der Waals surface area (Å²) in [4.78, 5) is 0. The van der Waals surface area contributed by atoms with Gasteiger partial charge in [-0.3, -0.25) is 0 Å². The first-order valence-corrected chi connectivity index (χ1v) is 6.69. The van der Waals surface area contributed by atoms with Gasteiger partial charge >= 0.3 is 0 Å². The molecule has 0 spiro atoms. The Balaban J connectivity index is 1.75. The van der Waals surface area contributed by atoms with Crippen LogP contribution in [0.15, 0.2) is 10.5 Å². The number of unbranched alkanes of at least 4 members (excludes halogenated alkanes) is 1. The molecule has 3 heteroatoms. The van der Waals surface area contributed by atoms with Crippen LogP contribution in [0.3, 0.4) is 0 Å². The van der Waals surface area contributed by atoms with Crippen LogP contribution in [0.5, 0.6) is 0 Å². The van der Waals surface area contributed by atoms with Crippen molar-refractivity contribution in [2.24, 2.45) is 0 Å². The van der Waals surface area contributed by atoms with Crippen molar-refractivity contribution in [1.29, 1.82) is 0 Å². The molecule has 1 aliphatic rings. The van der Waals surface area contributed by atoms with Crippen molar-refractivity contribution in [2.45, 2.75) is 58.7 Å². The van der Waals surface area contributed by atoms with E-state index >= 15 is 0 Å². The van der Waals surface area contributed by atoms with Gasteiger partial charge in [0.2, 0.25) is 0 Å². The lowest BCUT2D eigenvalue weighted by molar-refractivity contribution is 0.103. The summed E-state index contributed by atoms with van der Waals surface area (Å²) in [6.07, 6.45) is 4.92. The molecule has 1 N–H and O–H groups in total. The van der Waals surface area contributed by atoms with Gasteiger partial charge < -0.3 is 14.5 Å². The molecule has 1 heterocycles. The highest BCUT2D eigenvalue weighted by Gasteiger charge is 2.21. The normalized spacial score (nSPS) is 15.4. The molecule has 1 fully saturated rings. The van der Waals surface area contributed by atoms with E-state index in [0.717, 1.165) is 37.1 Å². The third kappa shape index (κ3) is 4.17. The van der Waals surface area contributed by atoms with Crippen molar-refractivity contribution in [3.05, 3.63) is 23.2 Å². The van der Waals surface area contributed by atoms with Crippen LogP contribution in [0.25, 0.3) is 0 Å². The Hall–Kier alpha value is -0.800. The van der Waals surface area contributed by atoms with Crippen LogP contribution in [-0.2, 0) is 17.9 Å². The molecule has 0 aliphatic heterocycles. The quantitative estimate of drug-likeness (QED) is 0.705. The molecule has 0 aromatic carbocycles. The maximum Gasteiger partial charge on any atom is 0.130 e. The molecule has 2 rings (SSSR count). The molecule has 0 bridgehead atoms. The molecular weight excluding hydrogens is 214 g/mol. The lowest BCUT2D eigenvalue weighted by Gasteiger charge is -2.01. The fourth-order valence-corrected chi connectivity index (χ4v) is 1.78. The summed E-state index contributed by atoms with van der Waals surface area (Å²) in [5.41, 5.74) is 1.23. The Morgan fingerprint density at radius 1 is 1.47 bits per heavy atom. The van der Waals surface area contributed by atoms with E-state index in [0.29, 0.717) is 6.61 Å². The highest BCUT2D eigenvalue weighted by molar-refractivity contribution is 5.19. The SMILES string of the molecule is CCCCOCc1cc(C)c(CNC2CC2)o1. The highest BCUT2D eigenvalue weighted by atomic mass is 16.5. The van der Waals surface area contributed by atoms with Gasteiger partial charge in [0.1, 0.15) is 18.1 Å². The molecule has 1 aromatic heterocycles. The van der Waals surface area contributed by atoms with Gasteiger partial charge in [-0.2, -0.15) is 0 Å². The predicted octanol–water partition coefficient (Wildman–Crippen LogP) is 3.16. The number of ether oxygens (including phenoxy) is 1. The second-order valence-corrected chi connectivity index (χ2v) is 4.88. The van der Waals surface area contributed by atoms with E-state index < -0.39 is 0 Å². The monoisotopic (exact) mass is 237 g/mol. The molecule has 3 nitrogen and oxygen atoms in total. The van der Waals surface area contributed by atoms with Gasteiger partial charge in [-0.05, 0) is 37.8 Å². The van der Waals surface area contributed by atoms with Gasteiger partial charge in [0.25, 0.3) is 0 Å². The van der Waals surface area contributed by atoms with Crippen molar-refractivity contribution < 1.29 is 9.15 Å². The maximum atomic E-state index is 5.79. The van der Waals surface area contributed by atoms with Crippen LogP contribution in [-0.4, -0.2) is 12.6 Å². The third-order valence-corrected chi connectivity index (χ3v) is 3.09. The van der Waals surface area contributed by atoms with Crippen molar-refractivity contribution in [1.82, 2.24) is 5.32 Å². The van der Waals surface area contributed by atoms with Gasteiger partial charge in [-0.15, -0.1) is 0 Å². The van der Waals surface area contributed by atoms with Crippen molar-refractivity contribution in [3.8, 4) is 0 Å². The molecule has 17 heavy (non-hydrogen) atoms. The van der Waals surface area contributed by atoms with Crippen LogP contribution >= 0.6 is 0 Å². The van der Waals surface area contributed by atoms with Crippen LogP contribution in [0, 0.1) is 6.92 Å². The van der Waals surface area contributed by atoms with Crippen LogP contribution < -0.4 is 5.32 Å². The van der Waals surface area contributed by atoms with Gasteiger partial charge in [0.05, 0.1) is 6.54 Å². The minimum absolute atomic E-state index is 0.601. The van der Waals surface area contributed by atoms with Crippen molar-refractivity contribution in [2.75, 3.05) is 6.61 Å². The molecule has 1 aliphatic carbocycles. The largest absolute Gasteiger partial charge is 0.462 e. The van der Waals surface area contributed by atoms with E-state index in [1.165, 1.54) is 24.8 Å². The van der Waals surface area contributed by atoms with Gasteiger partial charge in [0.15, 0.2) is 0 Å². The molecule has 0 saturated heterocycles. The second kappa shape index (κ2) is 6.22. The maximum absolute atomic E-state index is 5.79. The lowest BCUT2D eigenvalue weighted by atomic mass is 10.2. The molecular formula is C14H23NO2. The molecule has 0 radical (unpaired) electrons. The zero-order chi connectivity index (χ0) is 12.1. The average Bonchev–Trinajstić information content (AvgIpc) is 3.07. The van der Waals surface area contributed by atoms with Crippen LogP contribution in [0.4, 0.5) is 0 Å². The third-order valence-electron chi connectivity index (χ3n) is 3.09. The smallest absolute Gasteiger partial charge is 0.130 e. The molecule has 1 aromatic rings. The lowest BCUT2D eigenvalue weighted by Crippen LogP contribution is -2.15. The van der Waals surface area contributed by atoms with E-state index in [1.54, 1.807) is 0 Å². The van der Waals surface area contributed by atoms with Gasteiger partial charge in [0, 0.05) is 12.6 Å². The Bertz CT molecular complexity index is 342. The van der Waals surface area contributed by atoms with Crippen molar-refractivity contribution >= 4 is 0 Å². The fraction of sp³-hybridized carbons (Fsp3) is 0.714. The second-order valence-electron chi connectivity index (χ2n) is 4.88. The van der Waals surface area contributed by atoms with Gasteiger partial charge in [-0.25, -0.2) is 0 Å². The summed E-state index contributed by atoms with van der Waals surface area (Å²) in [5, 5.41) is 3.47. The topological polar surface area (TPSA) is 34.4 Å². The van der Waals surface area contributed by atoms with E-state index in [-0.39, 0.29) is 0 Å². The Morgan fingerprint density at radius 3 is 3.00 bits per heavy atom. The Kier molecular flexibility index (Phi) is 4.63. The number of rotatable bonds is 8. The van der Waals surface area contributed by atoms with E-state index in [1.807, 2.05) is 0 Å². The number of furan rings is 1. The highest BCUT2D eigenvalue weighted by Crippen LogP contribution is 2.21. The molecule has 96 valence electrons. The summed E-state index contributed by atoms with van der Waals surface area (Å²) in [6.45, 7) is 6.55. The predicted molar refractivity (Wildman–Crippen MR) is 67.9 cm³/mol. The Morgan fingerprint density at radius 2 is 2.29 bits per heavy atom.